The van der Waals surface area contributed by atoms with Crippen LogP contribution in [0.5, 0.6) is 0 Å². The van der Waals surface area contributed by atoms with Gasteiger partial charge in [-0.1, -0.05) is 26.7 Å². The highest BCUT2D eigenvalue weighted by molar-refractivity contribution is 5.77. The fourth-order valence-electron chi connectivity index (χ4n) is 3.55. The lowest BCUT2D eigenvalue weighted by molar-refractivity contribution is -0.134. The van der Waals surface area contributed by atoms with Crippen LogP contribution in [0.25, 0.3) is 0 Å². The van der Waals surface area contributed by atoms with Gasteiger partial charge in [0.1, 0.15) is 0 Å². The van der Waals surface area contributed by atoms with Gasteiger partial charge in [-0.3, -0.25) is 4.79 Å². The minimum Gasteiger partial charge on any atom is -0.340 e. The summed E-state index contributed by atoms with van der Waals surface area (Å²) in [5, 5.41) is 3.45. The van der Waals surface area contributed by atoms with E-state index in [2.05, 4.69) is 24.1 Å². The van der Waals surface area contributed by atoms with Crippen LogP contribution in [0.1, 0.15) is 65.2 Å². The van der Waals surface area contributed by atoms with Crippen molar-refractivity contribution in [2.45, 2.75) is 77.3 Å². The molecule has 2 aliphatic rings. The van der Waals surface area contributed by atoms with Crippen molar-refractivity contribution in [3.8, 4) is 0 Å². The van der Waals surface area contributed by atoms with Gasteiger partial charge in [-0.2, -0.15) is 0 Å². The molecule has 2 atom stereocenters. The molecule has 0 spiro atoms. The zero-order chi connectivity index (χ0) is 13.7. The Hall–Kier alpha value is -0.570. The number of hydrogen-bond acceptors (Lipinski definition) is 2. The van der Waals surface area contributed by atoms with Gasteiger partial charge in [0.2, 0.25) is 5.91 Å². The molecule has 2 heterocycles. The van der Waals surface area contributed by atoms with Gasteiger partial charge < -0.3 is 10.2 Å². The normalized spacial score (nSPS) is 28.7. The molecule has 0 radical (unpaired) electrons. The number of nitrogens with one attached hydrogen (secondary N) is 1. The van der Waals surface area contributed by atoms with Crippen LogP contribution in [-0.4, -0.2) is 36.0 Å². The molecule has 110 valence electrons. The van der Waals surface area contributed by atoms with Crippen molar-refractivity contribution in [1.82, 2.24) is 10.2 Å². The molecule has 2 aliphatic heterocycles. The lowest BCUT2D eigenvalue weighted by Gasteiger charge is -2.32. The number of hydrogen-bond donors (Lipinski definition) is 1. The SMILES string of the molecule is CC(C)CC1CCCCCN1C(=O)CC1CCCN1. The van der Waals surface area contributed by atoms with Crippen molar-refractivity contribution in [2.75, 3.05) is 13.1 Å². The summed E-state index contributed by atoms with van der Waals surface area (Å²) in [6, 6.07) is 0.937. The molecule has 2 fully saturated rings. The van der Waals surface area contributed by atoms with E-state index >= 15 is 0 Å². The Balaban J connectivity index is 1.93. The maximum absolute atomic E-state index is 12.6. The van der Waals surface area contributed by atoms with Crippen LogP contribution >= 0.6 is 0 Å². The van der Waals surface area contributed by atoms with E-state index in [0.29, 0.717) is 30.3 Å². The third-order valence-electron chi connectivity index (χ3n) is 4.52. The summed E-state index contributed by atoms with van der Waals surface area (Å²) >= 11 is 0. The molecule has 2 saturated heterocycles. The van der Waals surface area contributed by atoms with Gasteiger partial charge >= 0.3 is 0 Å². The first-order valence-electron chi connectivity index (χ1n) is 8.19. The number of rotatable bonds is 4. The molecule has 0 aromatic rings. The number of amides is 1. The molecule has 0 bridgehead atoms. The van der Waals surface area contributed by atoms with E-state index in [1.807, 2.05) is 0 Å². The second kappa shape index (κ2) is 7.28. The Labute approximate surface area is 118 Å². The first kappa shape index (κ1) is 14.8. The molecule has 1 N–H and O–H groups in total. The van der Waals surface area contributed by atoms with Gasteiger partial charge in [0, 0.05) is 25.0 Å². The van der Waals surface area contributed by atoms with Gasteiger partial charge in [-0.15, -0.1) is 0 Å². The molecule has 2 unspecified atom stereocenters. The Kier molecular flexibility index (Phi) is 5.68. The summed E-state index contributed by atoms with van der Waals surface area (Å²) in [4.78, 5) is 14.8. The van der Waals surface area contributed by atoms with Gasteiger partial charge in [0.25, 0.3) is 0 Å². The zero-order valence-corrected chi connectivity index (χ0v) is 12.7. The Morgan fingerprint density at radius 2 is 2.05 bits per heavy atom. The van der Waals surface area contributed by atoms with E-state index in [0.717, 1.165) is 13.1 Å². The average Bonchev–Trinajstić information content (AvgIpc) is 2.74. The summed E-state index contributed by atoms with van der Waals surface area (Å²) in [5.74, 6) is 1.08. The first-order valence-corrected chi connectivity index (χ1v) is 8.19. The summed E-state index contributed by atoms with van der Waals surface area (Å²) < 4.78 is 0. The minimum atomic E-state index is 0.395. The van der Waals surface area contributed by atoms with Crippen LogP contribution in [0.4, 0.5) is 0 Å². The fraction of sp³-hybridized carbons (Fsp3) is 0.938. The van der Waals surface area contributed by atoms with Gasteiger partial charge in [0.05, 0.1) is 0 Å². The lowest BCUT2D eigenvalue weighted by Crippen LogP contribution is -2.43. The summed E-state index contributed by atoms with van der Waals surface area (Å²) in [6.45, 7) is 6.62. The Bertz CT molecular complexity index is 284. The first-order chi connectivity index (χ1) is 9.16. The van der Waals surface area contributed by atoms with Gasteiger partial charge in [0.15, 0.2) is 0 Å². The maximum Gasteiger partial charge on any atom is 0.224 e. The van der Waals surface area contributed by atoms with Crippen LogP contribution in [-0.2, 0) is 4.79 Å². The molecule has 1 amide bonds. The average molecular weight is 266 g/mol. The third-order valence-corrected chi connectivity index (χ3v) is 4.52. The second-order valence-corrected chi connectivity index (χ2v) is 6.72. The molecule has 3 nitrogen and oxygen atoms in total. The molecule has 0 aromatic carbocycles. The molecule has 19 heavy (non-hydrogen) atoms. The zero-order valence-electron chi connectivity index (χ0n) is 12.7. The van der Waals surface area contributed by atoms with Gasteiger partial charge in [-0.25, -0.2) is 0 Å². The fourth-order valence-corrected chi connectivity index (χ4v) is 3.55. The summed E-state index contributed by atoms with van der Waals surface area (Å²) in [6.07, 6.45) is 9.28. The second-order valence-electron chi connectivity index (χ2n) is 6.72. The van der Waals surface area contributed by atoms with E-state index < -0.39 is 0 Å². The number of carbonyl (C=O) groups excluding carboxylic acids is 1. The largest absolute Gasteiger partial charge is 0.340 e. The van der Waals surface area contributed by atoms with Crippen molar-refractivity contribution >= 4 is 5.91 Å². The molecular formula is C16H30N2O. The molecular weight excluding hydrogens is 236 g/mol. The van der Waals surface area contributed by atoms with E-state index in [4.69, 9.17) is 0 Å². The van der Waals surface area contributed by atoms with Crippen LogP contribution in [0, 0.1) is 5.92 Å². The van der Waals surface area contributed by atoms with Crippen LogP contribution < -0.4 is 5.32 Å². The molecule has 0 aliphatic carbocycles. The van der Waals surface area contributed by atoms with Crippen LogP contribution in [0.3, 0.4) is 0 Å². The van der Waals surface area contributed by atoms with Crippen molar-refractivity contribution < 1.29 is 4.79 Å². The predicted molar refractivity (Wildman–Crippen MR) is 79.1 cm³/mol. The standard InChI is InChI=1S/C16H30N2O/c1-13(2)11-15-8-4-3-5-10-18(15)16(19)12-14-7-6-9-17-14/h13-15,17H,3-12H2,1-2H3. The Morgan fingerprint density at radius 1 is 1.21 bits per heavy atom. The van der Waals surface area contributed by atoms with E-state index in [9.17, 15) is 4.79 Å². The lowest BCUT2D eigenvalue weighted by atomic mass is 9.98. The quantitative estimate of drug-likeness (QED) is 0.848. The highest BCUT2D eigenvalue weighted by atomic mass is 16.2. The molecule has 0 saturated carbocycles. The predicted octanol–water partition coefficient (Wildman–Crippen LogP) is 2.95. The third kappa shape index (κ3) is 4.48. The number of nitrogens with zero attached hydrogens (tertiary/aromatic N) is 1. The highest BCUT2D eigenvalue weighted by Crippen LogP contribution is 2.24. The molecule has 2 rings (SSSR count). The van der Waals surface area contributed by atoms with Crippen LogP contribution in [0.15, 0.2) is 0 Å². The molecule has 0 aromatic heterocycles. The van der Waals surface area contributed by atoms with Gasteiger partial charge in [-0.05, 0) is 44.6 Å². The maximum atomic E-state index is 12.6. The monoisotopic (exact) mass is 266 g/mol. The minimum absolute atomic E-state index is 0.395. The van der Waals surface area contributed by atoms with Crippen molar-refractivity contribution in [2.24, 2.45) is 5.92 Å². The number of likely N-dealkylation sites (tertiary alicyclic amines) is 1. The van der Waals surface area contributed by atoms with Crippen molar-refractivity contribution in [3.63, 3.8) is 0 Å². The van der Waals surface area contributed by atoms with Crippen molar-refractivity contribution in [1.29, 1.82) is 0 Å². The van der Waals surface area contributed by atoms with Crippen molar-refractivity contribution in [3.05, 3.63) is 0 Å². The molecule has 3 heteroatoms. The Morgan fingerprint density at radius 3 is 2.74 bits per heavy atom. The summed E-state index contributed by atoms with van der Waals surface area (Å²) in [7, 11) is 0. The van der Waals surface area contributed by atoms with E-state index in [1.54, 1.807) is 0 Å². The van der Waals surface area contributed by atoms with E-state index in [-0.39, 0.29) is 0 Å². The smallest absolute Gasteiger partial charge is 0.224 e. The highest BCUT2D eigenvalue weighted by Gasteiger charge is 2.28. The summed E-state index contributed by atoms with van der Waals surface area (Å²) in [5.41, 5.74) is 0. The number of carbonyl (C=O) groups is 1. The van der Waals surface area contributed by atoms with E-state index in [1.165, 1.54) is 44.9 Å². The van der Waals surface area contributed by atoms with Crippen LogP contribution in [0.2, 0.25) is 0 Å². The topological polar surface area (TPSA) is 32.3 Å².